The van der Waals surface area contributed by atoms with Crippen molar-refractivity contribution in [1.82, 2.24) is 4.98 Å². The fourth-order valence-corrected chi connectivity index (χ4v) is 5.79. The Labute approximate surface area is 193 Å². The van der Waals surface area contributed by atoms with E-state index in [-0.39, 0.29) is 17.5 Å². The Morgan fingerprint density at radius 1 is 1.28 bits per heavy atom. The molecule has 174 valence electrons. The van der Waals surface area contributed by atoms with Gasteiger partial charge in [-0.1, -0.05) is 48.9 Å². The molecule has 0 aliphatic rings. The van der Waals surface area contributed by atoms with Crippen molar-refractivity contribution < 1.29 is 27.1 Å². The Balaban J connectivity index is 1.77. The van der Waals surface area contributed by atoms with Gasteiger partial charge in [0.2, 0.25) is 5.06 Å². The molecule has 0 aliphatic heterocycles. The summed E-state index contributed by atoms with van der Waals surface area (Å²) in [5, 5.41) is 1.24. The molecule has 3 rings (SSSR count). The first kappa shape index (κ1) is 24.6. The molecule has 0 fully saturated rings. The van der Waals surface area contributed by atoms with Crippen molar-refractivity contribution in [1.29, 1.82) is 0 Å². The van der Waals surface area contributed by atoms with Crippen LogP contribution in [0.25, 0.3) is 11.0 Å². The number of ether oxygens (including phenoxy) is 1. The highest BCUT2D eigenvalue weighted by Gasteiger charge is 2.31. The molecule has 1 atom stereocenters. The van der Waals surface area contributed by atoms with Crippen LogP contribution in [0.1, 0.15) is 68.0 Å². The number of nitrogens with zero attached hydrogens (tertiary/aromatic N) is 1. The first-order valence-electron chi connectivity index (χ1n) is 10.5. The zero-order valence-corrected chi connectivity index (χ0v) is 20.1. The molecule has 4 nitrogen and oxygen atoms in total. The van der Waals surface area contributed by atoms with E-state index in [4.69, 9.17) is 9.15 Å². The molecule has 1 aromatic carbocycles. The van der Waals surface area contributed by atoms with Crippen LogP contribution in [0, 0.1) is 13.8 Å². The number of aromatic nitrogens is 1. The zero-order valence-electron chi connectivity index (χ0n) is 18.5. The van der Waals surface area contributed by atoms with Crippen molar-refractivity contribution in [2.75, 3.05) is 5.75 Å². The van der Waals surface area contributed by atoms with Crippen LogP contribution < -0.4 is 4.74 Å². The van der Waals surface area contributed by atoms with Crippen LogP contribution in [0.5, 0.6) is 5.06 Å². The van der Waals surface area contributed by atoms with Crippen LogP contribution in [0.2, 0.25) is 0 Å². The van der Waals surface area contributed by atoms with Crippen molar-refractivity contribution in [2.45, 2.75) is 69.8 Å². The third-order valence-electron chi connectivity index (χ3n) is 5.24. The lowest BCUT2D eigenvalue weighted by molar-refractivity contribution is -0.137. The molecule has 32 heavy (non-hydrogen) atoms. The Hall–Kier alpha value is -2.00. The normalized spacial score (nSPS) is 13.0. The SMILES string of the molecule is CCCCC(CCSc1nc(C)c(OC(C)=O)s1)c1oc2cc(C(F)(F)F)ccc2c1C. The van der Waals surface area contributed by atoms with Crippen LogP contribution >= 0.6 is 23.1 Å². The van der Waals surface area contributed by atoms with E-state index in [1.807, 2.05) is 6.92 Å². The molecule has 0 amide bonds. The molecular weight excluding hydrogens is 459 g/mol. The quantitative estimate of drug-likeness (QED) is 0.228. The van der Waals surface area contributed by atoms with Gasteiger partial charge in [-0.05, 0) is 44.4 Å². The van der Waals surface area contributed by atoms with Gasteiger partial charge in [-0.3, -0.25) is 4.79 Å². The van der Waals surface area contributed by atoms with Crippen LogP contribution in [-0.2, 0) is 11.0 Å². The molecule has 1 unspecified atom stereocenters. The summed E-state index contributed by atoms with van der Waals surface area (Å²) < 4.78 is 51.3. The second-order valence-electron chi connectivity index (χ2n) is 7.72. The number of fused-ring (bicyclic) bond motifs is 1. The maximum atomic E-state index is 13.1. The Kier molecular flexibility index (Phi) is 7.92. The number of carbonyl (C=O) groups is 1. The van der Waals surface area contributed by atoms with Gasteiger partial charge in [-0.2, -0.15) is 13.2 Å². The number of furan rings is 1. The number of hydrogen-bond acceptors (Lipinski definition) is 6. The first-order chi connectivity index (χ1) is 15.1. The molecule has 2 aromatic heterocycles. The fraction of sp³-hybridized carbons (Fsp3) is 0.478. The maximum Gasteiger partial charge on any atom is 0.416 e. The minimum absolute atomic E-state index is 0.109. The highest BCUT2D eigenvalue weighted by atomic mass is 32.2. The smallest absolute Gasteiger partial charge is 0.416 e. The van der Waals surface area contributed by atoms with Gasteiger partial charge < -0.3 is 9.15 Å². The van der Waals surface area contributed by atoms with Gasteiger partial charge >= 0.3 is 12.1 Å². The second kappa shape index (κ2) is 10.3. The summed E-state index contributed by atoms with van der Waals surface area (Å²) in [6.45, 7) is 7.19. The second-order valence-corrected chi connectivity index (χ2v) is 10.0. The van der Waals surface area contributed by atoms with Crippen LogP contribution in [-0.4, -0.2) is 16.7 Å². The lowest BCUT2D eigenvalue weighted by Gasteiger charge is -2.15. The molecule has 0 saturated heterocycles. The maximum absolute atomic E-state index is 13.1. The molecule has 0 N–H and O–H groups in total. The summed E-state index contributed by atoms with van der Waals surface area (Å²) in [7, 11) is 0. The molecule has 0 radical (unpaired) electrons. The number of aryl methyl sites for hydroxylation is 2. The van der Waals surface area contributed by atoms with Gasteiger partial charge in [0.25, 0.3) is 0 Å². The topological polar surface area (TPSA) is 52.3 Å². The first-order valence-corrected chi connectivity index (χ1v) is 12.3. The summed E-state index contributed by atoms with van der Waals surface area (Å²) in [6.07, 6.45) is -0.659. The van der Waals surface area contributed by atoms with Crippen molar-refractivity contribution in [3.63, 3.8) is 0 Å². The summed E-state index contributed by atoms with van der Waals surface area (Å²) >= 11 is 2.93. The number of hydrogen-bond donors (Lipinski definition) is 0. The third kappa shape index (κ3) is 5.86. The van der Waals surface area contributed by atoms with E-state index in [1.54, 1.807) is 18.7 Å². The van der Waals surface area contributed by atoms with Crippen LogP contribution in [0.4, 0.5) is 13.2 Å². The van der Waals surface area contributed by atoms with Gasteiger partial charge in [0.1, 0.15) is 11.3 Å². The highest BCUT2D eigenvalue weighted by Crippen LogP contribution is 2.40. The monoisotopic (exact) mass is 485 g/mol. The van der Waals surface area contributed by atoms with Gasteiger partial charge in [-0.25, -0.2) is 4.98 Å². The summed E-state index contributed by atoms with van der Waals surface area (Å²) in [5.41, 5.74) is 1.17. The van der Waals surface area contributed by atoms with Crippen LogP contribution in [0.15, 0.2) is 27.0 Å². The fourth-order valence-electron chi connectivity index (χ4n) is 3.60. The lowest BCUT2D eigenvalue weighted by Crippen LogP contribution is -2.03. The molecule has 0 saturated carbocycles. The van der Waals surface area contributed by atoms with Gasteiger partial charge in [0.15, 0.2) is 4.34 Å². The Morgan fingerprint density at radius 2 is 2.03 bits per heavy atom. The number of carbonyl (C=O) groups excluding carboxylic acids is 1. The van der Waals surface area contributed by atoms with Crippen molar-refractivity contribution >= 4 is 40.0 Å². The molecule has 2 heterocycles. The zero-order chi connectivity index (χ0) is 23.5. The summed E-state index contributed by atoms with van der Waals surface area (Å²) in [6, 6.07) is 3.70. The molecule has 0 spiro atoms. The Morgan fingerprint density at radius 3 is 2.69 bits per heavy atom. The number of esters is 1. The molecule has 0 bridgehead atoms. The van der Waals surface area contributed by atoms with E-state index < -0.39 is 11.7 Å². The standard InChI is InChI=1S/C23H26F3NO3S2/c1-5-6-7-16(10-11-31-22-27-14(3)21(32-22)29-15(4)28)20-13(2)18-9-8-17(23(24,25)26)12-19(18)30-20/h8-9,12,16H,5-7,10-11H2,1-4H3. The number of thioether (sulfide) groups is 1. The summed E-state index contributed by atoms with van der Waals surface area (Å²) in [4.78, 5) is 15.6. The number of halogens is 3. The third-order valence-corrected chi connectivity index (χ3v) is 7.45. The van der Waals surface area contributed by atoms with Gasteiger partial charge in [0.05, 0.1) is 11.3 Å². The average molecular weight is 486 g/mol. The molecular formula is C23H26F3NO3S2. The minimum Gasteiger partial charge on any atom is -0.460 e. The predicted molar refractivity (Wildman–Crippen MR) is 122 cm³/mol. The van der Waals surface area contributed by atoms with E-state index in [2.05, 4.69) is 11.9 Å². The van der Waals surface area contributed by atoms with E-state index in [0.29, 0.717) is 10.8 Å². The lowest BCUT2D eigenvalue weighted by atomic mass is 9.93. The number of benzene rings is 1. The number of rotatable bonds is 9. The van der Waals surface area contributed by atoms with E-state index >= 15 is 0 Å². The molecule has 9 heteroatoms. The van der Waals surface area contributed by atoms with E-state index in [1.165, 1.54) is 24.3 Å². The summed E-state index contributed by atoms with van der Waals surface area (Å²) in [5.74, 6) is 1.27. The van der Waals surface area contributed by atoms with Crippen molar-refractivity contribution in [3.8, 4) is 5.06 Å². The minimum atomic E-state index is -4.40. The van der Waals surface area contributed by atoms with Gasteiger partial charge in [0, 0.05) is 24.0 Å². The predicted octanol–water partition coefficient (Wildman–Crippen LogP) is 7.91. The van der Waals surface area contributed by atoms with E-state index in [0.717, 1.165) is 64.6 Å². The van der Waals surface area contributed by atoms with Gasteiger partial charge in [-0.15, -0.1) is 0 Å². The van der Waals surface area contributed by atoms with Crippen molar-refractivity contribution in [2.24, 2.45) is 0 Å². The van der Waals surface area contributed by atoms with E-state index in [9.17, 15) is 18.0 Å². The van der Waals surface area contributed by atoms with Crippen molar-refractivity contribution in [3.05, 3.63) is 40.8 Å². The number of thiazole rings is 1. The molecule has 3 aromatic rings. The van der Waals surface area contributed by atoms with Crippen LogP contribution in [0.3, 0.4) is 0 Å². The number of unbranched alkanes of at least 4 members (excludes halogenated alkanes) is 1. The molecule has 0 aliphatic carbocycles. The highest BCUT2D eigenvalue weighted by molar-refractivity contribution is 8.01. The number of alkyl halides is 3. The Bertz CT molecular complexity index is 1090. The largest absolute Gasteiger partial charge is 0.460 e. The average Bonchev–Trinajstić information content (AvgIpc) is 3.22.